The predicted octanol–water partition coefficient (Wildman–Crippen LogP) is 4.56. The number of hydrogen-bond donors (Lipinski definition) is 0. The van der Waals surface area contributed by atoms with E-state index >= 15 is 0 Å². The summed E-state index contributed by atoms with van der Waals surface area (Å²) in [4.78, 5) is 4.42. The molecule has 0 aliphatic heterocycles. The molecule has 0 radical (unpaired) electrons. The van der Waals surface area contributed by atoms with Crippen LogP contribution in [0.15, 0.2) is 33.3 Å². The minimum absolute atomic E-state index is 0.0849. The lowest BCUT2D eigenvalue weighted by Gasteiger charge is -2.10. The zero-order chi connectivity index (χ0) is 13.9. The van der Waals surface area contributed by atoms with Crippen molar-refractivity contribution in [3.8, 4) is 0 Å². The van der Waals surface area contributed by atoms with Crippen molar-refractivity contribution in [3.63, 3.8) is 0 Å². The van der Waals surface area contributed by atoms with Crippen molar-refractivity contribution in [1.82, 2.24) is 10.1 Å². The van der Waals surface area contributed by atoms with Crippen LogP contribution < -0.4 is 0 Å². The van der Waals surface area contributed by atoms with Crippen molar-refractivity contribution in [2.24, 2.45) is 0 Å². The molecule has 0 aliphatic rings. The third-order valence-corrected chi connectivity index (χ3v) is 4.31. The molecule has 5 heteroatoms. The van der Waals surface area contributed by atoms with Gasteiger partial charge in [-0.2, -0.15) is 4.98 Å². The summed E-state index contributed by atoms with van der Waals surface area (Å²) in [6.45, 7) is 6.20. The fourth-order valence-electron chi connectivity index (χ4n) is 1.48. The van der Waals surface area contributed by atoms with Crippen LogP contribution in [0.1, 0.15) is 38.0 Å². The van der Waals surface area contributed by atoms with Crippen LogP contribution >= 0.6 is 27.7 Å². The van der Waals surface area contributed by atoms with E-state index in [1.807, 2.05) is 12.1 Å². The highest BCUT2D eigenvalue weighted by Crippen LogP contribution is 2.24. The molecular formula is C14H17BrN2OS. The van der Waals surface area contributed by atoms with E-state index in [-0.39, 0.29) is 5.41 Å². The summed E-state index contributed by atoms with van der Waals surface area (Å²) < 4.78 is 6.42. The van der Waals surface area contributed by atoms with Crippen LogP contribution in [0.3, 0.4) is 0 Å². The Morgan fingerprint density at radius 1 is 1.21 bits per heavy atom. The third-order valence-electron chi connectivity index (χ3n) is 2.56. The van der Waals surface area contributed by atoms with Crippen molar-refractivity contribution in [2.75, 3.05) is 0 Å². The standard InChI is InChI=1S/C14H17BrN2OS/c1-14(2,3)13-16-12(17-18-13)9-19-8-10-6-4-5-7-11(10)15/h4-7H,8-9H2,1-3H3. The van der Waals surface area contributed by atoms with Crippen LogP contribution in [0.25, 0.3) is 0 Å². The third kappa shape index (κ3) is 4.08. The van der Waals surface area contributed by atoms with Gasteiger partial charge in [0.2, 0.25) is 5.89 Å². The zero-order valence-electron chi connectivity index (χ0n) is 11.3. The molecule has 1 heterocycles. The van der Waals surface area contributed by atoms with Crippen molar-refractivity contribution in [2.45, 2.75) is 37.7 Å². The Balaban J connectivity index is 1.90. The number of benzene rings is 1. The summed E-state index contributed by atoms with van der Waals surface area (Å²) >= 11 is 5.33. The number of rotatable bonds is 4. The fraction of sp³-hybridized carbons (Fsp3) is 0.429. The average molecular weight is 341 g/mol. The van der Waals surface area contributed by atoms with Crippen LogP contribution in [-0.2, 0) is 16.9 Å². The Bertz CT molecular complexity index is 548. The van der Waals surface area contributed by atoms with Gasteiger partial charge in [0.15, 0.2) is 5.82 Å². The van der Waals surface area contributed by atoms with Gasteiger partial charge in [0.05, 0.1) is 5.75 Å². The minimum atomic E-state index is -0.0849. The number of hydrogen-bond acceptors (Lipinski definition) is 4. The molecule has 0 atom stereocenters. The number of nitrogens with zero attached hydrogens (tertiary/aromatic N) is 2. The maximum absolute atomic E-state index is 5.27. The molecule has 0 amide bonds. The molecule has 0 bridgehead atoms. The van der Waals surface area contributed by atoms with Crippen molar-refractivity contribution < 1.29 is 4.52 Å². The largest absolute Gasteiger partial charge is 0.339 e. The Kier molecular flexibility index (Phi) is 4.68. The molecule has 1 aromatic carbocycles. The molecule has 0 spiro atoms. The molecule has 0 N–H and O–H groups in total. The molecule has 1 aromatic heterocycles. The first kappa shape index (κ1) is 14.6. The second-order valence-electron chi connectivity index (χ2n) is 5.35. The molecular weight excluding hydrogens is 324 g/mol. The SMILES string of the molecule is CC(C)(C)c1nc(CSCc2ccccc2Br)no1. The number of thioether (sulfide) groups is 1. The van der Waals surface area contributed by atoms with Gasteiger partial charge in [0, 0.05) is 15.6 Å². The molecule has 0 aliphatic carbocycles. The normalized spacial score (nSPS) is 11.8. The lowest BCUT2D eigenvalue weighted by Crippen LogP contribution is -2.11. The molecule has 102 valence electrons. The second-order valence-corrected chi connectivity index (χ2v) is 7.19. The molecule has 0 saturated carbocycles. The lowest BCUT2D eigenvalue weighted by molar-refractivity contribution is 0.319. The molecule has 0 saturated heterocycles. The Hall–Kier alpha value is -0.810. The Morgan fingerprint density at radius 2 is 1.95 bits per heavy atom. The smallest absolute Gasteiger partial charge is 0.232 e. The van der Waals surface area contributed by atoms with Gasteiger partial charge in [-0.15, -0.1) is 11.8 Å². The molecule has 19 heavy (non-hydrogen) atoms. The van der Waals surface area contributed by atoms with Crippen molar-refractivity contribution in [1.29, 1.82) is 0 Å². The second kappa shape index (κ2) is 6.09. The first-order chi connectivity index (χ1) is 8.97. The molecule has 0 unspecified atom stereocenters. The van der Waals surface area contributed by atoms with E-state index in [4.69, 9.17) is 4.52 Å². The number of halogens is 1. The van der Waals surface area contributed by atoms with Crippen molar-refractivity contribution in [3.05, 3.63) is 46.0 Å². The summed E-state index contributed by atoms with van der Waals surface area (Å²) in [5.41, 5.74) is 1.20. The molecule has 2 aromatic rings. The van der Waals surface area contributed by atoms with Crippen LogP contribution in [0, 0.1) is 0 Å². The van der Waals surface area contributed by atoms with Gasteiger partial charge >= 0.3 is 0 Å². The first-order valence-electron chi connectivity index (χ1n) is 6.11. The van der Waals surface area contributed by atoms with Gasteiger partial charge in [-0.25, -0.2) is 0 Å². The van der Waals surface area contributed by atoms with Crippen molar-refractivity contribution >= 4 is 27.7 Å². The van der Waals surface area contributed by atoms with Crippen LogP contribution in [0.5, 0.6) is 0 Å². The van der Waals surface area contributed by atoms with Crippen LogP contribution in [0.2, 0.25) is 0 Å². The monoisotopic (exact) mass is 340 g/mol. The van der Waals surface area contributed by atoms with Gasteiger partial charge in [-0.1, -0.05) is 60.1 Å². The van der Waals surface area contributed by atoms with Gasteiger partial charge in [0.1, 0.15) is 0 Å². The summed E-state index contributed by atoms with van der Waals surface area (Å²) in [7, 11) is 0. The predicted molar refractivity (Wildman–Crippen MR) is 82.1 cm³/mol. The van der Waals surface area contributed by atoms with E-state index in [1.165, 1.54) is 5.56 Å². The zero-order valence-corrected chi connectivity index (χ0v) is 13.7. The highest BCUT2D eigenvalue weighted by Gasteiger charge is 2.21. The highest BCUT2D eigenvalue weighted by atomic mass is 79.9. The van der Waals surface area contributed by atoms with Gasteiger partial charge in [-0.05, 0) is 11.6 Å². The minimum Gasteiger partial charge on any atom is -0.339 e. The van der Waals surface area contributed by atoms with Crippen LogP contribution in [-0.4, -0.2) is 10.1 Å². The van der Waals surface area contributed by atoms with E-state index in [0.29, 0.717) is 5.89 Å². The molecule has 0 fully saturated rings. The highest BCUT2D eigenvalue weighted by molar-refractivity contribution is 9.10. The van der Waals surface area contributed by atoms with E-state index in [1.54, 1.807) is 11.8 Å². The summed E-state index contributed by atoms with van der Waals surface area (Å²) in [5, 5.41) is 4.02. The Labute approximate surface area is 126 Å². The summed E-state index contributed by atoms with van der Waals surface area (Å²) in [5.74, 6) is 3.16. The van der Waals surface area contributed by atoms with E-state index in [9.17, 15) is 0 Å². The van der Waals surface area contributed by atoms with E-state index in [2.05, 4.69) is 59.0 Å². The maximum atomic E-state index is 5.27. The Morgan fingerprint density at radius 3 is 2.58 bits per heavy atom. The van der Waals surface area contributed by atoms with Crippen LogP contribution in [0.4, 0.5) is 0 Å². The maximum Gasteiger partial charge on any atom is 0.232 e. The quantitative estimate of drug-likeness (QED) is 0.817. The molecule has 2 rings (SSSR count). The van der Waals surface area contributed by atoms with E-state index < -0.39 is 0 Å². The van der Waals surface area contributed by atoms with E-state index in [0.717, 1.165) is 21.8 Å². The fourth-order valence-corrected chi connectivity index (χ4v) is 2.97. The summed E-state index contributed by atoms with van der Waals surface area (Å²) in [6, 6.07) is 8.25. The lowest BCUT2D eigenvalue weighted by atomic mass is 9.97. The molecule has 3 nitrogen and oxygen atoms in total. The topological polar surface area (TPSA) is 38.9 Å². The van der Waals surface area contributed by atoms with Gasteiger partial charge in [0.25, 0.3) is 0 Å². The summed E-state index contributed by atoms with van der Waals surface area (Å²) in [6.07, 6.45) is 0. The first-order valence-corrected chi connectivity index (χ1v) is 8.06. The van der Waals surface area contributed by atoms with Gasteiger partial charge < -0.3 is 4.52 Å². The number of aromatic nitrogens is 2. The van der Waals surface area contributed by atoms with Gasteiger partial charge in [-0.3, -0.25) is 0 Å². The average Bonchev–Trinajstić information content (AvgIpc) is 2.80.